The van der Waals surface area contributed by atoms with Crippen LogP contribution in [0, 0.1) is 5.82 Å². The topological polar surface area (TPSA) is 55.1 Å². The Balaban J connectivity index is 1.95. The van der Waals surface area contributed by atoms with E-state index >= 15 is 0 Å². The first kappa shape index (κ1) is 13.6. The SMILES string of the molecule is CCc1nnc2c3ccccc3nc(Nc3ccc(F)cc3)n12. The van der Waals surface area contributed by atoms with E-state index in [1.165, 1.54) is 12.1 Å². The number of aromatic nitrogens is 4. The van der Waals surface area contributed by atoms with Crippen molar-refractivity contribution in [1.29, 1.82) is 0 Å². The lowest BCUT2D eigenvalue weighted by molar-refractivity contribution is 0.628. The average Bonchev–Trinajstić information content (AvgIpc) is 3.02. The number of fused-ring (bicyclic) bond motifs is 3. The molecule has 0 spiro atoms. The van der Waals surface area contributed by atoms with Crippen molar-refractivity contribution >= 4 is 28.2 Å². The largest absolute Gasteiger partial charge is 0.325 e. The Morgan fingerprint density at radius 1 is 1.04 bits per heavy atom. The molecule has 0 aliphatic rings. The number of para-hydroxylation sites is 1. The first-order valence-electron chi connectivity index (χ1n) is 7.41. The van der Waals surface area contributed by atoms with Gasteiger partial charge in [-0.25, -0.2) is 13.8 Å². The molecular formula is C17H14FN5. The Hall–Kier alpha value is -3.02. The summed E-state index contributed by atoms with van der Waals surface area (Å²) in [6.45, 7) is 2.02. The van der Waals surface area contributed by atoms with E-state index in [-0.39, 0.29) is 5.82 Å². The maximum Gasteiger partial charge on any atom is 0.215 e. The maximum atomic E-state index is 13.1. The van der Waals surface area contributed by atoms with Gasteiger partial charge in [0.1, 0.15) is 11.6 Å². The highest BCUT2D eigenvalue weighted by Crippen LogP contribution is 2.24. The van der Waals surface area contributed by atoms with Crippen LogP contribution in [0.5, 0.6) is 0 Å². The molecule has 6 heteroatoms. The second kappa shape index (κ2) is 5.31. The molecule has 4 aromatic rings. The van der Waals surface area contributed by atoms with Crippen LogP contribution in [0.4, 0.5) is 16.0 Å². The fourth-order valence-electron chi connectivity index (χ4n) is 2.61. The van der Waals surface area contributed by atoms with Crippen molar-refractivity contribution in [2.45, 2.75) is 13.3 Å². The fourth-order valence-corrected chi connectivity index (χ4v) is 2.61. The van der Waals surface area contributed by atoms with E-state index in [9.17, 15) is 4.39 Å². The van der Waals surface area contributed by atoms with Crippen LogP contribution in [-0.4, -0.2) is 19.6 Å². The minimum absolute atomic E-state index is 0.272. The number of nitrogens with one attached hydrogen (secondary N) is 1. The Kier molecular flexibility index (Phi) is 3.15. The molecule has 4 rings (SSSR count). The zero-order chi connectivity index (χ0) is 15.8. The summed E-state index contributed by atoms with van der Waals surface area (Å²) in [6, 6.07) is 14.0. The highest BCUT2D eigenvalue weighted by atomic mass is 19.1. The fraction of sp³-hybridized carbons (Fsp3) is 0.118. The van der Waals surface area contributed by atoms with E-state index in [0.717, 1.165) is 34.5 Å². The number of rotatable bonds is 3. The summed E-state index contributed by atoms with van der Waals surface area (Å²) in [4.78, 5) is 4.68. The van der Waals surface area contributed by atoms with Crippen molar-refractivity contribution in [1.82, 2.24) is 19.6 Å². The first-order valence-corrected chi connectivity index (χ1v) is 7.41. The van der Waals surface area contributed by atoms with Gasteiger partial charge in [0.05, 0.1) is 5.52 Å². The quantitative estimate of drug-likeness (QED) is 0.626. The summed E-state index contributed by atoms with van der Waals surface area (Å²) in [5, 5.41) is 12.7. The molecule has 1 N–H and O–H groups in total. The van der Waals surface area contributed by atoms with Crippen LogP contribution >= 0.6 is 0 Å². The molecule has 0 unspecified atom stereocenters. The smallest absolute Gasteiger partial charge is 0.215 e. The Labute approximate surface area is 131 Å². The van der Waals surface area contributed by atoms with Crippen LogP contribution in [-0.2, 0) is 6.42 Å². The van der Waals surface area contributed by atoms with Crippen LogP contribution in [0.3, 0.4) is 0 Å². The molecule has 0 saturated heterocycles. The van der Waals surface area contributed by atoms with Crippen LogP contribution in [0.15, 0.2) is 48.5 Å². The van der Waals surface area contributed by atoms with Crippen LogP contribution in [0.1, 0.15) is 12.7 Å². The lowest BCUT2D eigenvalue weighted by Crippen LogP contribution is -2.05. The number of hydrogen-bond acceptors (Lipinski definition) is 4. The van der Waals surface area contributed by atoms with E-state index in [1.807, 2.05) is 35.6 Å². The van der Waals surface area contributed by atoms with Gasteiger partial charge < -0.3 is 5.32 Å². The van der Waals surface area contributed by atoms with Crippen LogP contribution < -0.4 is 5.32 Å². The molecule has 2 heterocycles. The molecule has 23 heavy (non-hydrogen) atoms. The third kappa shape index (κ3) is 2.28. The number of anilines is 2. The van der Waals surface area contributed by atoms with Crippen LogP contribution in [0.25, 0.3) is 16.6 Å². The second-order valence-electron chi connectivity index (χ2n) is 5.21. The van der Waals surface area contributed by atoms with Crippen molar-refractivity contribution in [2.24, 2.45) is 0 Å². The number of benzene rings is 2. The van der Waals surface area contributed by atoms with Gasteiger partial charge in [0, 0.05) is 17.5 Å². The van der Waals surface area contributed by atoms with Crippen molar-refractivity contribution in [3.8, 4) is 0 Å². The van der Waals surface area contributed by atoms with Gasteiger partial charge in [0.25, 0.3) is 0 Å². The second-order valence-corrected chi connectivity index (χ2v) is 5.21. The van der Waals surface area contributed by atoms with Gasteiger partial charge in [-0.15, -0.1) is 10.2 Å². The van der Waals surface area contributed by atoms with Gasteiger partial charge in [-0.3, -0.25) is 0 Å². The monoisotopic (exact) mass is 307 g/mol. The van der Waals surface area contributed by atoms with Gasteiger partial charge in [-0.05, 0) is 36.4 Å². The lowest BCUT2D eigenvalue weighted by atomic mass is 10.2. The summed E-state index contributed by atoms with van der Waals surface area (Å²) in [7, 11) is 0. The minimum atomic E-state index is -0.272. The number of hydrogen-bond donors (Lipinski definition) is 1. The molecule has 0 aliphatic heterocycles. The highest BCUT2D eigenvalue weighted by Gasteiger charge is 2.14. The summed E-state index contributed by atoms with van der Waals surface area (Å²) in [6.07, 6.45) is 0.735. The third-order valence-corrected chi connectivity index (χ3v) is 3.73. The molecule has 2 aromatic carbocycles. The molecule has 0 saturated carbocycles. The summed E-state index contributed by atoms with van der Waals surface area (Å²) in [5.41, 5.74) is 2.35. The summed E-state index contributed by atoms with van der Waals surface area (Å²) >= 11 is 0. The zero-order valence-corrected chi connectivity index (χ0v) is 12.5. The predicted octanol–water partition coefficient (Wildman–Crippen LogP) is 3.72. The third-order valence-electron chi connectivity index (χ3n) is 3.73. The molecule has 0 bridgehead atoms. The van der Waals surface area contributed by atoms with E-state index in [4.69, 9.17) is 0 Å². The van der Waals surface area contributed by atoms with Crippen molar-refractivity contribution in [2.75, 3.05) is 5.32 Å². The summed E-state index contributed by atoms with van der Waals surface area (Å²) in [5.74, 6) is 1.17. The maximum absolute atomic E-state index is 13.1. The molecule has 0 amide bonds. The van der Waals surface area contributed by atoms with E-state index in [2.05, 4.69) is 20.5 Å². The van der Waals surface area contributed by atoms with Gasteiger partial charge in [0.2, 0.25) is 5.95 Å². The van der Waals surface area contributed by atoms with Gasteiger partial charge in [-0.2, -0.15) is 0 Å². The van der Waals surface area contributed by atoms with E-state index in [0.29, 0.717) is 5.95 Å². The zero-order valence-electron chi connectivity index (χ0n) is 12.5. The predicted molar refractivity (Wildman–Crippen MR) is 87.3 cm³/mol. The molecule has 2 aromatic heterocycles. The molecular weight excluding hydrogens is 293 g/mol. The lowest BCUT2D eigenvalue weighted by Gasteiger charge is -2.11. The van der Waals surface area contributed by atoms with Crippen molar-refractivity contribution < 1.29 is 4.39 Å². The van der Waals surface area contributed by atoms with Gasteiger partial charge in [0.15, 0.2) is 5.65 Å². The van der Waals surface area contributed by atoms with E-state index < -0.39 is 0 Å². The Bertz CT molecular complexity index is 991. The molecule has 0 atom stereocenters. The van der Waals surface area contributed by atoms with E-state index in [1.54, 1.807) is 12.1 Å². The molecule has 0 fully saturated rings. The highest BCUT2D eigenvalue weighted by molar-refractivity contribution is 5.92. The van der Waals surface area contributed by atoms with Gasteiger partial charge in [-0.1, -0.05) is 19.1 Å². The molecule has 0 aliphatic carbocycles. The van der Waals surface area contributed by atoms with Crippen molar-refractivity contribution in [3.63, 3.8) is 0 Å². The minimum Gasteiger partial charge on any atom is -0.325 e. The molecule has 5 nitrogen and oxygen atoms in total. The van der Waals surface area contributed by atoms with Gasteiger partial charge >= 0.3 is 0 Å². The average molecular weight is 307 g/mol. The van der Waals surface area contributed by atoms with Crippen molar-refractivity contribution in [3.05, 3.63) is 60.2 Å². The standard InChI is InChI=1S/C17H14FN5/c1-2-15-21-22-16-13-5-3-4-6-14(13)20-17(23(15)16)19-12-9-7-11(18)8-10-12/h3-10H,2H2,1H3,(H,19,20). The summed E-state index contributed by atoms with van der Waals surface area (Å²) < 4.78 is 15.0. The Morgan fingerprint density at radius 2 is 1.83 bits per heavy atom. The normalized spacial score (nSPS) is 11.2. The first-order chi connectivity index (χ1) is 11.3. The molecule has 0 radical (unpaired) electrons. The van der Waals surface area contributed by atoms with Crippen LogP contribution in [0.2, 0.25) is 0 Å². The Morgan fingerprint density at radius 3 is 2.61 bits per heavy atom. The molecule has 114 valence electrons. The number of nitrogens with zero attached hydrogens (tertiary/aromatic N) is 4. The number of halogens is 1. The number of aryl methyl sites for hydroxylation is 1.